The van der Waals surface area contributed by atoms with Crippen molar-refractivity contribution in [1.29, 1.82) is 0 Å². The summed E-state index contributed by atoms with van der Waals surface area (Å²) in [5, 5.41) is 4.68. The number of carbonyl (C=O) groups excluding carboxylic acids is 2. The van der Waals surface area contributed by atoms with Crippen molar-refractivity contribution in [3.8, 4) is 0 Å². The molecule has 0 unspecified atom stereocenters. The summed E-state index contributed by atoms with van der Waals surface area (Å²) in [5.74, 6) is 0.0602. The van der Waals surface area contributed by atoms with Crippen molar-refractivity contribution in [3.05, 3.63) is 22.4 Å². The molecule has 0 radical (unpaired) electrons. The largest absolute Gasteiger partial charge is 0.351 e. The molecule has 0 aliphatic carbocycles. The molecule has 0 atom stereocenters. The molecule has 4 nitrogen and oxygen atoms in total. The Morgan fingerprint density at radius 2 is 2.17 bits per heavy atom. The fourth-order valence-electron chi connectivity index (χ4n) is 1.40. The molecule has 1 aromatic heterocycles. The van der Waals surface area contributed by atoms with Crippen LogP contribution in [0.2, 0.25) is 0 Å². The second-order valence-electron chi connectivity index (χ2n) is 4.44. The van der Waals surface area contributed by atoms with Crippen LogP contribution in [-0.2, 0) is 4.79 Å². The van der Waals surface area contributed by atoms with E-state index in [-0.39, 0.29) is 17.9 Å². The minimum atomic E-state index is -0.0605. The second-order valence-corrected chi connectivity index (χ2v) is 5.38. The Hall–Kier alpha value is -1.36. The van der Waals surface area contributed by atoms with Crippen molar-refractivity contribution in [2.24, 2.45) is 0 Å². The van der Waals surface area contributed by atoms with E-state index < -0.39 is 0 Å². The van der Waals surface area contributed by atoms with Gasteiger partial charge in [0.2, 0.25) is 5.91 Å². The van der Waals surface area contributed by atoms with Crippen molar-refractivity contribution in [2.75, 3.05) is 13.6 Å². The van der Waals surface area contributed by atoms with Gasteiger partial charge in [0.1, 0.15) is 0 Å². The standard InChI is InChI=1S/C13H20N2O2S/c1-10(2)15(3)12(16)7-4-8-14-13(17)11-6-5-9-18-11/h5-6,9-10H,4,7-8H2,1-3H3,(H,14,17). The van der Waals surface area contributed by atoms with E-state index in [0.717, 1.165) is 0 Å². The average Bonchev–Trinajstić information content (AvgIpc) is 2.86. The van der Waals surface area contributed by atoms with Crippen molar-refractivity contribution in [3.63, 3.8) is 0 Å². The Morgan fingerprint density at radius 3 is 2.72 bits per heavy atom. The van der Waals surface area contributed by atoms with Crippen LogP contribution >= 0.6 is 11.3 Å². The third-order valence-electron chi connectivity index (χ3n) is 2.77. The number of hydrogen-bond acceptors (Lipinski definition) is 3. The zero-order valence-electron chi connectivity index (χ0n) is 11.1. The van der Waals surface area contributed by atoms with Crippen LogP contribution in [0.3, 0.4) is 0 Å². The van der Waals surface area contributed by atoms with Gasteiger partial charge in [-0.2, -0.15) is 0 Å². The van der Waals surface area contributed by atoms with Crippen LogP contribution < -0.4 is 5.32 Å². The van der Waals surface area contributed by atoms with E-state index in [1.807, 2.05) is 25.3 Å². The molecule has 100 valence electrons. The van der Waals surface area contributed by atoms with Crippen LogP contribution in [0.25, 0.3) is 0 Å². The highest BCUT2D eigenvalue weighted by molar-refractivity contribution is 7.12. The predicted octanol–water partition coefficient (Wildman–Crippen LogP) is 2.12. The van der Waals surface area contributed by atoms with Gasteiger partial charge in [-0.1, -0.05) is 6.07 Å². The van der Waals surface area contributed by atoms with Gasteiger partial charge in [-0.25, -0.2) is 0 Å². The summed E-state index contributed by atoms with van der Waals surface area (Å²) in [4.78, 5) is 25.7. The maximum atomic E-state index is 11.7. The number of nitrogens with zero attached hydrogens (tertiary/aromatic N) is 1. The van der Waals surface area contributed by atoms with E-state index >= 15 is 0 Å². The van der Waals surface area contributed by atoms with Crippen LogP contribution in [0.15, 0.2) is 17.5 Å². The van der Waals surface area contributed by atoms with Crippen LogP contribution in [0.5, 0.6) is 0 Å². The first-order chi connectivity index (χ1) is 8.52. The van der Waals surface area contributed by atoms with Crippen LogP contribution in [0.1, 0.15) is 36.4 Å². The smallest absolute Gasteiger partial charge is 0.261 e. The fourth-order valence-corrected chi connectivity index (χ4v) is 2.04. The van der Waals surface area contributed by atoms with Gasteiger partial charge in [0.25, 0.3) is 5.91 Å². The molecule has 18 heavy (non-hydrogen) atoms. The quantitative estimate of drug-likeness (QED) is 0.803. The van der Waals surface area contributed by atoms with Crippen molar-refractivity contribution in [2.45, 2.75) is 32.7 Å². The predicted molar refractivity (Wildman–Crippen MR) is 73.8 cm³/mol. The molecule has 1 N–H and O–H groups in total. The van der Waals surface area contributed by atoms with Gasteiger partial charge in [0.15, 0.2) is 0 Å². The van der Waals surface area contributed by atoms with E-state index in [1.165, 1.54) is 11.3 Å². The number of amides is 2. The van der Waals surface area contributed by atoms with Gasteiger partial charge in [0, 0.05) is 26.1 Å². The van der Waals surface area contributed by atoms with Gasteiger partial charge in [0.05, 0.1) is 4.88 Å². The lowest BCUT2D eigenvalue weighted by Gasteiger charge is -2.21. The highest BCUT2D eigenvalue weighted by Gasteiger charge is 2.11. The summed E-state index contributed by atoms with van der Waals surface area (Å²) < 4.78 is 0. The van der Waals surface area contributed by atoms with E-state index in [4.69, 9.17) is 0 Å². The molecule has 0 aromatic carbocycles. The summed E-state index contributed by atoms with van der Waals surface area (Å²) >= 11 is 1.42. The Labute approximate surface area is 112 Å². The summed E-state index contributed by atoms with van der Waals surface area (Å²) in [6.07, 6.45) is 1.15. The highest BCUT2D eigenvalue weighted by Crippen LogP contribution is 2.07. The lowest BCUT2D eigenvalue weighted by atomic mass is 10.2. The first-order valence-corrected chi connectivity index (χ1v) is 6.97. The molecule has 1 rings (SSSR count). The van der Waals surface area contributed by atoms with Crippen molar-refractivity contribution in [1.82, 2.24) is 10.2 Å². The lowest BCUT2D eigenvalue weighted by Crippen LogP contribution is -2.33. The average molecular weight is 268 g/mol. The molecule has 0 bridgehead atoms. The minimum absolute atomic E-state index is 0.0605. The van der Waals surface area contributed by atoms with Crippen LogP contribution in [-0.4, -0.2) is 36.3 Å². The molecule has 0 fully saturated rings. The molecule has 0 saturated carbocycles. The molecule has 0 aliphatic rings. The summed E-state index contributed by atoms with van der Waals surface area (Å²) in [6, 6.07) is 3.86. The number of thiophene rings is 1. The molecule has 0 spiro atoms. The minimum Gasteiger partial charge on any atom is -0.351 e. The van der Waals surface area contributed by atoms with E-state index in [2.05, 4.69) is 5.32 Å². The first kappa shape index (κ1) is 14.7. The fraction of sp³-hybridized carbons (Fsp3) is 0.538. The van der Waals surface area contributed by atoms with Gasteiger partial charge in [-0.3, -0.25) is 9.59 Å². The Kier molecular flexibility index (Phi) is 5.85. The highest BCUT2D eigenvalue weighted by atomic mass is 32.1. The van der Waals surface area contributed by atoms with E-state index in [0.29, 0.717) is 24.3 Å². The van der Waals surface area contributed by atoms with Gasteiger partial charge < -0.3 is 10.2 Å². The third kappa shape index (κ3) is 4.49. The number of rotatable bonds is 6. The molecule has 1 heterocycles. The lowest BCUT2D eigenvalue weighted by molar-refractivity contribution is -0.131. The Morgan fingerprint density at radius 1 is 1.44 bits per heavy atom. The Bertz CT molecular complexity index is 388. The van der Waals surface area contributed by atoms with Crippen molar-refractivity contribution >= 4 is 23.2 Å². The maximum Gasteiger partial charge on any atom is 0.261 e. The maximum absolute atomic E-state index is 11.7. The van der Waals surface area contributed by atoms with Crippen LogP contribution in [0.4, 0.5) is 0 Å². The molecule has 0 aliphatic heterocycles. The molecular formula is C13H20N2O2S. The zero-order valence-corrected chi connectivity index (χ0v) is 11.9. The number of carbonyl (C=O) groups is 2. The third-order valence-corrected chi connectivity index (χ3v) is 3.63. The normalized spacial score (nSPS) is 10.4. The monoisotopic (exact) mass is 268 g/mol. The van der Waals surface area contributed by atoms with E-state index in [1.54, 1.807) is 18.0 Å². The number of hydrogen-bond donors (Lipinski definition) is 1. The summed E-state index contributed by atoms with van der Waals surface area (Å²) in [5.41, 5.74) is 0. The SMILES string of the molecule is CC(C)N(C)C(=O)CCCNC(=O)c1cccs1. The molecule has 2 amide bonds. The number of nitrogens with one attached hydrogen (secondary N) is 1. The van der Waals surface area contributed by atoms with E-state index in [9.17, 15) is 9.59 Å². The second kappa shape index (κ2) is 7.16. The molecular weight excluding hydrogens is 248 g/mol. The molecule has 5 heteroatoms. The topological polar surface area (TPSA) is 49.4 Å². The molecule has 0 saturated heterocycles. The van der Waals surface area contributed by atoms with Gasteiger partial charge in [-0.05, 0) is 31.7 Å². The van der Waals surface area contributed by atoms with Crippen molar-refractivity contribution < 1.29 is 9.59 Å². The first-order valence-electron chi connectivity index (χ1n) is 6.09. The summed E-state index contributed by atoms with van der Waals surface area (Å²) in [6.45, 7) is 4.50. The summed E-state index contributed by atoms with van der Waals surface area (Å²) in [7, 11) is 1.80. The van der Waals surface area contributed by atoms with Crippen LogP contribution in [0, 0.1) is 0 Å². The van der Waals surface area contributed by atoms with Gasteiger partial charge in [-0.15, -0.1) is 11.3 Å². The van der Waals surface area contributed by atoms with Gasteiger partial charge >= 0.3 is 0 Å². The Balaban J connectivity index is 2.19. The zero-order chi connectivity index (χ0) is 13.5. The molecule has 1 aromatic rings.